The lowest BCUT2D eigenvalue weighted by molar-refractivity contribution is 0.0734. The van der Waals surface area contributed by atoms with Crippen LogP contribution in [-0.2, 0) is 0 Å². The molecule has 3 aromatic carbocycles. The highest BCUT2D eigenvalue weighted by molar-refractivity contribution is 9.10. The molecule has 0 spiro atoms. The summed E-state index contributed by atoms with van der Waals surface area (Å²) in [5.41, 5.74) is 3.27. The quantitative estimate of drug-likeness (QED) is 0.199. The molecule has 0 aliphatic rings. The number of aromatic hydroxyl groups is 1. The highest BCUT2D eigenvalue weighted by Gasteiger charge is 2.13. The van der Waals surface area contributed by atoms with Crippen LogP contribution in [-0.4, -0.2) is 29.8 Å². The van der Waals surface area contributed by atoms with Crippen molar-refractivity contribution in [2.45, 2.75) is 13.3 Å². The summed E-state index contributed by atoms with van der Waals surface area (Å²) < 4.78 is 11.8. The van der Waals surface area contributed by atoms with Crippen molar-refractivity contribution in [2.24, 2.45) is 5.10 Å². The first-order valence-corrected chi connectivity index (χ1v) is 10.6. The van der Waals surface area contributed by atoms with E-state index < -0.39 is 11.9 Å². The summed E-state index contributed by atoms with van der Waals surface area (Å²) in [4.78, 5) is 24.7. The third-order valence-electron chi connectivity index (χ3n) is 4.26. The van der Waals surface area contributed by atoms with E-state index >= 15 is 0 Å². The second-order valence-electron chi connectivity index (χ2n) is 6.66. The van der Waals surface area contributed by atoms with Gasteiger partial charge in [0.25, 0.3) is 5.91 Å². The number of nitrogens with zero attached hydrogens (tertiary/aromatic N) is 1. The monoisotopic (exact) mass is 496 g/mol. The maximum absolute atomic E-state index is 12.6. The van der Waals surface area contributed by atoms with Crippen LogP contribution in [0, 0.1) is 0 Å². The van der Waals surface area contributed by atoms with Crippen molar-refractivity contribution in [3.8, 4) is 17.2 Å². The van der Waals surface area contributed by atoms with Gasteiger partial charge in [0.2, 0.25) is 0 Å². The maximum atomic E-state index is 12.6. The van der Waals surface area contributed by atoms with Crippen molar-refractivity contribution in [2.75, 3.05) is 6.61 Å². The van der Waals surface area contributed by atoms with Gasteiger partial charge in [0.05, 0.1) is 23.9 Å². The Hall–Kier alpha value is -3.65. The average molecular weight is 497 g/mol. The molecule has 1 amide bonds. The molecule has 0 unspecified atom stereocenters. The van der Waals surface area contributed by atoms with E-state index in [0.29, 0.717) is 23.5 Å². The minimum Gasteiger partial charge on any atom is -0.507 e. The number of nitrogens with one attached hydrogen (secondary N) is 1. The van der Waals surface area contributed by atoms with Gasteiger partial charge in [-0.3, -0.25) is 4.79 Å². The summed E-state index contributed by atoms with van der Waals surface area (Å²) in [6, 6.07) is 17.9. The van der Waals surface area contributed by atoms with Crippen molar-refractivity contribution >= 4 is 34.0 Å². The first-order valence-electron chi connectivity index (χ1n) is 9.84. The van der Waals surface area contributed by atoms with Gasteiger partial charge in [-0.05, 0) is 61.0 Å². The van der Waals surface area contributed by atoms with Crippen LogP contribution in [0.1, 0.15) is 39.6 Å². The number of para-hydroxylation sites is 1. The molecule has 0 heterocycles. The summed E-state index contributed by atoms with van der Waals surface area (Å²) in [6.07, 6.45) is 2.25. The number of hydrogen-bond acceptors (Lipinski definition) is 6. The molecule has 32 heavy (non-hydrogen) atoms. The molecular weight excluding hydrogens is 476 g/mol. The minimum absolute atomic E-state index is 0.0944. The molecule has 164 valence electrons. The van der Waals surface area contributed by atoms with Gasteiger partial charge in [0.15, 0.2) is 0 Å². The molecule has 0 saturated heterocycles. The van der Waals surface area contributed by atoms with Gasteiger partial charge < -0.3 is 14.6 Å². The number of hydrogen-bond donors (Lipinski definition) is 2. The summed E-state index contributed by atoms with van der Waals surface area (Å²) >= 11 is 3.37. The van der Waals surface area contributed by atoms with Crippen LogP contribution < -0.4 is 14.9 Å². The second kappa shape index (κ2) is 11.1. The lowest BCUT2D eigenvalue weighted by Crippen LogP contribution is -2.17. The van der Waals surface area contributed by atoms with E-state index in [1.165, 1.54) is 18.3 Å². The van der Waals surface area contributed by atoms with Gasteiger partial charge >= 0.3 is 5.97 Å². The summed E-state index contributed by atoms with van der Waals surface area (Å²) in [5.74, 6) is -0.311. The molecular formula is C24H21BrN2O5. The Morgan fingerprint density at radius 1 is 1.09 bits per heavy atom. The van der Waals surface area contributed by atoms with E-state index in [1.807, 2.05) is 6.92 Å². The number of carbonyl (C=O) groups is 2. The zero-order valence-electron chi connectivity index (χ0n) is 17.2. The summed E-state index contributed by atoms with van der Waals surface area (Å²) in [5, 5.41) is 13.7. The number of halogens is 1. The number of ether oxygens (including phenoxy) is 2. The number of rotatable bonds is 8. The van der Waals surface area contributed by atoms with Crippen molar-refractivity contribution in [3.05, 3.63) is 87.9 Å². The first kappa shape index (κ1) is 23.0. The van der Waals surface area contributed by atoms with Crippen LogP contribution in [0.4, 0.5) is 0 Å². The predicted octanol–water partition coefficient (Wildman–Crippen LogP) is 4.93. The molecule has 0 aromatic heterocycles. The number of amides is 1. The minimum atomic E-state index is -0.571. The highest BCUT2D eigenvalue weighted by atomic mass is 79.9. The van der Waals surface area contributed by atoms with Crippen LogP contribution in [0.15, 0.2) is 76.3 Å². The Bertz CT molecular complexity index is 1130. The Balaban J connectivity index is 1.70. The normalized spacial score (nSPS) is 10.7. The second-order valence-corrected chi connectivity index (χ2v) is 7.58. The van der Waals surface area contributed by atoms with Crippen molar-refractivity contribution in [1.82, 2.24) is 5.43 Å². The van der Waals surface area contributed by atoms with Gasteiger partial charge in [-0.15, -0.1) is 0 Å². The largest absolute Gasteiger partial charge is 0.507 e. The first-order chi connectivity index (χ1) is 15.5. The summed E-state index contributed by atoms with van der Waals surface area (Å²) in [6.45, 7) is 2.62. The molecule has 0 radical (unpaired) electrons. The molecule has 2 N–H and O–H groups in total. The third-order valence-corrected chi connectivity index (χ3v) is 4.75. The van der Waals surface area contributed by atoms with E-state index in [9.17, 15) is 14.7 Å². The van der Waals surface area contributed by atoms with Gasteiger partial charge in [-0.25, -0.2) is 10.2 Å². The van der Waals surface area contributed by atoms with E-state index in [1.54, 1.807) is 54.6 Å². The number of esters is 1. The molecule has 3 rings (SSSR count). The van der Waals surface area contributed by atoms with Crippen molar-refractivity contribution < 1.29 is 24.2 Å². The Kier molecular flexibility index (Phi) is 7.99. The van der Waals surface area contributed by atoms with Gasteiger partial charge in [0, 0.05) is 10.0 Å². The standard InChI is InChI=1S/C24H21BrN2O5/c1-2-13-31-19-10-7-16(8-11-19)24(30)32-22-12-9-18(25)14-17(22)15-26-27-23(29)20-5-3-4-6-21(20)28/h3-12,14-15,28H,2,13H2,1H3,(H,27,29)/b26-15-. The number of benzene rings is 3. The third kappa shape index (κ3) is 6.18. The number of phenols is 1. The lowest BCUT2D eigenvalue weighted by atomic mass is 10.2. The molecule has 0 aliphatic carbocycles. The SMILES string of the molecule is CCCOc1ccc(C(=O)Oc2ccc(Br)cc2/C=N\NC(=O)c2ccccc2O)cc1. The fourth-order valence-corrected chi connectivity index (χ4v) is 3.04. The number of phenolic OH excluding ortho intramolecular Hbond substituents is 1. The molecule has 0 fully saturated rings. The highest BCUT2D eigenvalue weighted by Crippen LogP contribution is 2.23. The Morgan fingerprint density at radius 2 is 1.84 bits per heavy atom. The van der Waals surface area contributed by atoms with Crippen LogP contribution >= 0.6 is 15.9 Å². The Morgan fingerprint density at radius 3 is 2.56 bits per heavy atom. The molecule has 0 atom stereocenters. The predicted molar refractivity (Wildman–Crippen MR) is 124 cm³/mol. The van der Waals surface area contributed by atoms with Gasteiger partial charge in [-0.2, -0.15) is 5.10 Å². The van der Waals surface area contributed by atoms with Crippen LogP contribution in [0.25, 0.3) is 0 Å². The summed E-state index contributed by atoms with van der Waals surface area (Å²) in [7, 11) is 0. The van der Waals surface area contributed by atoms with E-state index in [-0.39, 0.29) is 17.1 Å². The smallest absolute Gasteiger partial charge is 0.343 e. The molecule has 0 aliphatic heterocycles. The fraction of sp³-hybridized carbons (Fsp3) is 0.125. The number of hydrazone groups is 1. The maximum Gasteiger partial charge on any atom is 0.343 e. The zero-order chi connectivity index (χ0) is 22.9. The van der Waals surface area contributed by atoms with E-state index in [2.05, 4.69) is 26.5 Å². The van der Waals surface area contributed by atoms with Crippen molar-refractivity contribution in [1.29, 1.82) is 0 Å². The zero-order valence-corrected chi connectivity index (χ0v) is 18.8. The number of carbonyl (C=O) groups excluding carboxylic acids is 2. The molecule has 8 heteroatoms. The van der Waals surface area contributed by atoms with Crippen LogP contribution in [0.2, 0.25) is 0 Å². The van der Waals surface area contributed by atoms with Crippen LogP contribution in [0.3, 0.4) is 0 Å². The fourth-order valence-electron chi connectivity index (χ4n) is 2.67. The van der Waals surface area contributed by atoms with E-state index in [0.717, 1.165) is 10.9 Å². The Labute approximate surface area is 193 Å². The lowest BCUT2D eigenvalue weighted by Gasteiger charge is -2.09. The molecule has 0 saturated carbocycles. The molecule has 0 bridgehead atoms. The molecule has 3 aromatic rings. The van der Waals surface area contributed by atoms with Crippen molar-refractivity contribution in [3.63, 3.8) is 0 Å². The van der Waals surface area contributed by atoms with Gasteiger partial charge in [-0.1, -0.05) is 35.0 Å². The topological polar surface area (TPSA) is 97.2 Å². The average Bonchev–Trinajstić information content (AvgIpc) is 2.80. The van der Waals surface area contributed by atoms with E-state index in [4.69, 9.17) is 9.47 Å². The van der Waals surface area contributed by atoms with Gasteiger partial charge in [0.1, 0.15) is 17.2 Å². The molecule has 7 nitrogen and oxygen atoms in total. The van der Waals surface area contributed by atoms with Crippen LogP contribution in [0.5, 0.6) is 17.2 Å².